The van der Waals surface area contributed by atoms with Gasteiger partial charge < -0.3 is 9.73 Å². The lowest BCUT2D eigenvalue weighted by molar-refractivity contribution is 0.557. The van der Waals surface area contributed by atoms with Gasteiger partial charge in [0.05, 0.1) is 16.3 Å². The molecule has 9 heteroatoms. The summed E-state index contributed by atoms with van der Waals surface area (Å²) in [6.45, 7) is 1.84. The molecule has 0 saturated heterocycles. The fraction of sp³-hybridized carbons (Fsp3) is 0.0714. The minimum atomic E-state index is 0.471. The molecule has 0 radical (unpaired) electrons. The van der Waals surface area contributed by atoms with Crippen LogP contribution in [0.3, 0.4) is 0 Å². The normalized spacial score (nSPS) is 11.5. The number of hydrogen-bond acceptors (Lipinski definition) is 7. The molecule has 0 aliphatic rings. The van der Waals surface area contributed by atoms with Crippen molar-refractivity contribution in [2.75, 3.05) is 10.7 Å². The summed E-state index contributed by atoms with van der Waals surface area (Å²) in [5.41, 5.74) is 4.33. The molecule has 23 heavy (non-hydrogen) atoms. The summed E-state index contributed by atoms with van der Waals surface area (Å²) >= 11 is 13.2. The van der Waals surface area contributed by atoms with E-state index in [4.69, 9.17) is 27.6 Å². The van der Waals surface area contributed by atoms with Crippen molar-refractivity contribution in [3.63, 3.8) is 0 Å². The minimum Gasteiger partial charge on any atom is -0.463 e. The zero-order valence-electron chi connectivity index (χ0n) is 11.9. The van der Waals surface area contributed by atoms with E-state index in [1.807, 2.05) is 19.1 Å². The Hall–Kier alpha value is -2.09. The molecule has 3 rings (SSSR count). The number of aromatic nitrogens is 2. The maximum absolute atomic E-state index is 5.98. The zero-order valence-corrected chi connectivity index (χ0v) is 14.2. The van der Waals surface area contributed by atoms with Crippen LogP contribution < -0.4 is 10.7 Å². The molecular formula is C14H11Cl2N5OS. The average Bonchev–Trinajstić information content (AvgIpc) is 3.20. The molecule has 3 aromatic rings. The Morgan fingerprint density at radius 1 is 1.17 bits per heavy atom. The number of nitrogens with one attached hydrogen (secondary N) is 2. The molecule has 0 fully saturated rings. The number of furan rings is 1. The van der Waals surface area contributed by atoms with Crippen molar-refractivity contribution in [1.29, 1.82) is 0 Å². The third-order valence-electron chi connectivity index (χ3n) is 2.79. The van der Waals surface area contributed by atoms with Crippen LogP contribution in [0, 0.1) is 0 Å². The molecule has 0 saturated carbocycles. The molecule has 2 aromatic heterocycles. The lowest BCUT2D eigenvalue weighted by atomic mass is 10.3. The molecule has 2 heterocycles. The van der Waals surface area contributed by atoms with Crippen LogP contribution in [0.25, 0.3) is 0 Å². The Morgan fingerprint density at radius 3 is 2.74 bits per heavy atom. The quantitative estimate of drug-likeness (QED) is 0.489. The minimum absolute atomic E-state index is 0.471. The molecule has 0 amide bonds. The number of hydrazone groups is 1. The molecule has 118 valence electrons. The van der Waals surface area contributed by atoms with E-state index in [9.17, 15) is 0 Å². The van der Waals surface area contributed by atoms with Gasteiger partial charge in [0.2, 0.25) is 10.3 Å². The van der Waals surface area contributed by atoms with Crippen LogP contribution in [-0.2, 0) is 0 Å². The molecular weight excluding hydrogens is 357 g/mol. The Labute approximate surface area is 146 Å². The van der Waals surface area contributed by atoms with E-state index in [-0.39, 0.29) is 0 Å². The Morgan fingerprint density at radius 2 is 2.00 bits per heavy atom. The zero-order chi connectivity index (χ0) is 16.2. The second-order valence-electron chi connectivity index (χ2n) is 4.45. The highest BCUT2D eigenvalue weighted by atomic mass is 35.5. The first-order chi connectivity index (χ1) is 11.1. The molecule has 0 atom stereocenters. The molecule has 0 unspecified atom stereocenters. The van der Waals surface area contributed by atoms with Crippen molar-refractivity contribution in [3.05, 3.63) is 52.4 Å². The van der Waals surface area contributed by atoms with Gasteiger partial charge >= 0.3 is 0 Å². The third-order valence-corrected chi connectivity index (χ3v) is 4.28. The number of hydrogen-bond donors (Lipinski definition) is 2. The van der Waals surface area contributed by atoms with Gasteiger partial charge in [0.25, 0.3) is 0 Å². The summed E-state index contributed by atoms with van der Waals surface area (Å²) in [6.07, 6.45) is 1.60. The molecule has 1 aromatic carbocycles. The smallest absolute Gasteiger partial charge is 0.227 e. The van der Waals surface area contributed by atoms with Gasteiger partial charge in [-0.05, 0) is 37.3 Å². The van der Waals surface area contributed by atoms with Crippen LogP contribution in [0.1, 0.15) is 12.7 Å². The largest absolute Gasteiger partial charge is 0.463 e. The van der Waals surface area contributed by atoms with Crippen LogP contribution in [0.2, 0.25) is 10.0 Å². The molecule has 6 nitrogen and oxygen atoms in total. The second kappa shape index (κ2) is 6.99. The second-order valence-corrected chi connectivity index (χ2v) is 6.24. The molecule has 0 spiro atoms. The molecule has 0 bridgehead atoms. The maximum atomic E-state index is 5.98. The van der Waals surface area contributed by atoms with E-state index in [0.717, 1.165) is 5.69 Å². The average molecular weight is 368 g/mol. The standard InChI is InChI=1S/C14H11Cl2N5OS/c1-8(12-3-2-6-22-12)18-20-14-21-19-13(23-14)17-9-4-5-10(15)11(16)7-9/h2-7H,1H3,(H,17,19)(H,20,21). The Balaban J connectivity index is 1.66. The topological polar surface area (TPSA) is 75.3 Å². The number of halogens is 2. The van der Waals surface area contributed by atoms with Crippen LogP contribution >= 0.6 is 34.5 Å². The van der Waals surface area contributed by atoms with E-state index in [0.29, 0.717) is 31.8 Å². The van der Waals surface area contributed by atoms with E-state index in [1.54, 1.807) is 24.5 Å². The van der Waals surface area contributed by atoms with Crippen molar-refractivity contribution in [3.8, 4) is 0 Å². The molecule has 2 N–H and O–H groups in total. The lowest BCUT2D eigenvalue weighted by Crippen LogP contribution is -1.97. The van der Waals surface area contributed by atoms with Crippen LogP contribution in [0.5, 0.6) is 0 Å². The number of rotatable bonds is 5. The molecule has 0 aliphatic heterocycles. The van der Waals surface area contributed by atoms with Gasteiger partial charge in [-0.15, -0.1) is 10.2 Å². The van der Waals surface area contributed by atoms with Crippen molar-refractivity contribution < 1.29 is 4.42 Å². The van der Waals surface area contributed by atoms with Gasteiger partial charge in [-0.3, -0.25) is 5.43 Å². The number of benzene rings is 1. The van der Waals surface area contributed by atoms with Gasteiger partial charge in [-0.1, -0.05) is 34.5 Å². The van der Waals surface area contributed by atoms with Crippen LogP contribution in [-0.4, -0.2) is 15.9 Å². The van der Waals surface area contributed by atoms with E-state index in [2.05, 4.69) is 26.0 Å². The highest BCUT2D eigenvalue weighted by Gasteiger charge is 2.06. The Kier molecular flexibility index (Phi) is 4.80. The summed E-state index contributed by atoms with van der Waals surface area (Å²) in [4.78, 5) is 0. The van der Waals surface area contributed by atoms with Crippen molar-refractivity contribution in [2.24, 2.45) is 5.10 Å². The van der Waals surface area contributed by atoms with Crippen LogP contribution in [0.4, 0.5) is 16.0 Å². The maximum Gasteiger partial charge on any atom is 0.227 e. The van der Waals surface area contributed by atoms with Gasteiger partial charge in [-0.25, -0.2) is 0 Å². The van der Waals surface area contributed by atoms with Gasteiger partial charge in [0.15, 0.2) is 0 Å². The van der Waals surface area contributed by atoms with E-state index >= 15 is 0 Å². The summed E-state index contributed by atoms with van der Waals surface area (Å²) in [6, 6.07) is 8.87. The fourth-order valence-corrected chi connectivity index (χ4v) is 2.59. The highest BCUT2D eigenvalue weighted by Crippen LogP contribution is 2.29. The summed E-state index contributed by atoms with van der Waals surface area (Å²) in [7, 11) is 0. The number of nitrogens with zero attached hydrogens (tertiary/aromatic N) is 3. The first-order valence-corrected chi connectivity index (χ1v) is 8.09. The SMILES string of the molecule is CC(=NNc1nnc(Nc2ccc(Cl)c(Cl)c2)s1)c1ccco1. The first kappa shape index (κ1) is 15.8. The summed E-state index contributed by atoms with van der Waals surface area (Å²) < 4.78 is 5.25. The summed E-state index contributed by atoms with van der Waals surface area (Å²) in [5, 5.41) is 17.5. The van der Waals surface area contributed by atoms with Gasteiger partial charge in [0, 0.05) is 5.69 Å². The highest BCUT2D eigenvalue weighted by molar-refractivity contribution is 7.19. The summed E-state index contributed by atoms with van der Waals surface area (Å²) in [5.74, 6) is 0.691. The molecule has 0 aliphatic carbocycles. The van der Waals surface area contributed by atoms with Gasteiger partial charge in [0.1, 0.15) is 11.5 Å². The van der Waals surface area contributed by atoms with Crippen molar-refractivity contribution in [2.45, 2.75) is 6.92 Å². The number of anilines is 3. The van der Waals surface area contributed by atoms with Crippen molar-refractivity contribution >= 4 is 56.2 Å². The lowest BCUT2D eigenvalue weighted by Gasteiger charge is -2.02. The first-order valence-electron chi connectivity index (χ1n) is 6.51. The monoisotopic (exact) mass is 367 g/mol. The van der Waals surface area contributed by atoms with E-state index < -0.39 is 0 Å². The Bertz CT molecular complexity index is 832. The predicted octanol–water partition coefficient (Wildman–Crippen LogP) is 5.02. The van der Waals surface area contributed by atoms with Crippen LogP contribution in [0.15, 0.2) is 46.1 Å². The third kappa shape index (κ3) is 4.01. The van der Waals surface area contributed by atoms with E-state index in [1.165, 1.54) is 11.3 Å². The van der Waals surface area contributed by atoms with Gasteiger partial charge in [-0.2, -0.15) is 5.10 Å². The van der Waals surface area contributed by atoms with Crippen molar-refractivity contribution in [1.82, 2.24) is 10.2 Å². The fourth-order valence-electron chi connectivity index (χ4n) is 1.69. The predicted molar refractivity (Wildman–Crippen MR) is 94.2 cm³/mol.